The maximum atomic E-state index is 4.33. The molecule has 0 radical (unpaired) electrons. The predicted octanol–water partition coefficient (Wildman–Crippen LogP) is 2.08. The van der Waals surface area contributed by atoms with Gasteiger partial charge in [-0.05, 0) is 25.5 Å². The largest absolute Gasteiger partial charge is 0.261 e. The molecule has 0 saturated carbocycles. The minimum absolute atomic E-state index is 0.744. The van der Waals surface area contributed by atoms with Gasteiger partial charge in [-0.2, -0.15) is 0 Å². The number of pyridine rings is 1. The van der Waals surface area contributed by atoms with Crippen LogP contribution in [0.15, 0.2) is 30.7 Å². The summed E-state index contributed by atoms with van der Waals surface area (Å²) in [5, 5.41) is 0. The number of aromatic nitrogens is 3. The zero-order chi connectivity index (χ0) is 10.7. The van der Waals surface area contributed by atoms with Gasteiger partial charge < -0.3 is 0 Å². The smallest absolute Gasteiger partial charge is 0.0646 e. The summed E-state index contributed by atoms with van der Waals surface area (Å²) in [6.45, 7) is 3.96. The van der Waals surface area contributed by atoms with E-state index in [0.29, 0.717) is 0 Å². The van der Waals surface area contributed by atoms with E-state index >= 15 is 0 Å². The van der Waals surface area contributed by atoms with Gasteiger partial charge in [-0.3, -0.25) is 15.0 Å². The van der Waals surface area contributed by atoms with Gasteiger partial charge >= 0.3 is 0 Å². The molecule has 0 spiro atoms. The normalized spacial score (nSPS) is 10.3. The molecule has 2 rings (SSSR count). The van der Waals surface area contributed by atoms with Crippen LogP contribution in [0, 0.1) is 13.8 Å². The number of nitrogens with zero attached hydrogens (tertiary/aromatic N) is 3. The van der Waals surface area contributed by atoms with Gasteiger partial charge in [0.15, 0.2) is 0 Å². The van der Waals surface area contributed by atoms with Crippen molar-refractivity contribution in [3.63, 3.8) is 0 Å². The van der Waals surface area contributed by atoms with Crippen molar-refractivity contribution in [1.29, 1.82) is 0 Å². The minimum atomic E-state index is 0.744. The summed E-state index contributed by atoms with van der Waals surface area (Å²) < 4.78 is 0. The fraction of sp³-hybridized carbons (Fsp3) is 0.250. The molecule has 3 nitrogen and oxygen atoms in total. The lowest BCUT2D eigenvalue weighted by Crippen LogP contribution is -1.96. The van der Waals surface area contributed by atoms with Gasteiger partial charge in [0.25, 0.3) is 0 Å². The van der Waals surface area contributed by atoms with Gasteiger partial charge in [0.1, 0.15) is 0 Å². The molecule has 0 bridgehead atoms. The highest BCUT2D eigenvalue weighted by Gasteiger charge is 1.98. The van der Waals surface area contributed by atoms with Gasteiger partial charge in [-0.1, -0.05) is 6.07 Å². The van der Waals surface area contributed by atoms with Crippen LogP contribution in [0.25, 0.3) is 0 Å². The summed E-state index contributed by atoms with van der Waals surface area (Å²) >= 11 is 0. The maximum absolute atomic E-state index is 4.33. The molecule has 15 heavy (non-hydrogen) atoms. The van der Waals surface area contributed by atoms with Crippen molar-refractivity contribution >= 4 is 0 Å². The van der Waals surface area contributed by atoms with Crippen LogP contribution >= 0.6 is 0 Å². The zero-order valence-corrected chi connectivity index (χ0v) is 8.94. The van der Waals surface area contributed by atoms with Crippen molar-refractivity contribution in [1.82, 2.24) is 15.0 Å². The quantitative estimate of drug-likeness (QED) is 0.743. The number of hydrogen-bond acceptors (Lipinski definition) is 3. The predicted molar refractivity (Wildman–Crippen MR) is 58.5 cm³/mol. The highest BCUT2D eigenvalue weighted by Crippen LogP contribution is 2.04. The second-order valence-corrected chi connectivity index (χ2v) is 3.65. The molecule has 0 aromatic carbocycles. The fourth-order valence-electron chi connectivity index (χ4n) is 1.30. The fourth-order valence-corrected chi connectivity index (χ4v) is 1.30. The van der Waals surface area contributed by atoms with E-state index in [0.717, 1.165) is 23.5 Å². The molecule has 0 aliphatic carbocycles. The zero-order valence-electron chi connectivity index (χ0n) is 8.94. The van der Waals surface area contributed by atoms with E-state index in [9.17, 15) is 0 Å². The summed E-state index contributed by atoms with van der Waals surface area (Å²) in [5.74, 6) is 0. The van der Waals surface area contributed by atoms with Crippen molar-refractivity contribution < 1.29 is 0 Å². The van der Waals surface area contributed by atoms with Crippen molar-refractivity contribution in [2.75, 3.05) is 0 Å². The first-order chi connectivity index (χ1) is 7.24. The van der Waals surface area contributed by atoms with Gasteiger partial charge in [-0.25, -0.2) is 0 Å². The van der Waals surface area contributed by atoms with E-state index in [1.165, 1.54) is 5.56 Å². The Morgan fingerprint density at radius 3 is 2.27 bits per heavy atom. The lowest BCUT2D eigenvalue weighted by molar-refractivity contribution is 0.966. The molecule has 0 saturated heterocycles. The van der Waals surface area contributed by atoms with Gasteiger partial charge in [0.2, 0.25) is 0 Å². The topological polar surface area (TPSA) is 38.7 Å². The molecule has 0 atom stereocenters. The summed E-state index contributed by atoms with van der Waals surface area (Å²) in [5.41, 5.74) is 4.10. The Hall–Kier alpha value is -1.77. The van der Waals surface area contributed by atoms with Crippen LogP contribution in [0.3, 0.4) is 0 Å². The standard InChI is InChI=1S/C12H13N3/c1-9-3-4-11(14-6-9)5-12-8-13-10(2)7-15-12/h3-4,6-8H,5H2,1-2H3. The third-order valence-corrected chi connectivity index (χ3v) is 2.17. The van der Waals surface area contributed by atoms with E-state index in [2.05, 4.69) is 21.0 Å². The second kappa shape index (κ2) is 4.17. The Kier molecular flexibility index (Phi) is 2.72. The van der Waals surface area contributed by atoms with E-state index in [4.69, 9.17) is 0 Å². The third kappa shape index (κ3) is 2.59. The first-order valence-corrected chi connectivity index (χ1v) is 4.93. The average Bonchev–Trinajstić information content (AvgIpc) is 2.25. The van der Waals surface area contributed by atoms with E-state index in [-0.39, 0.29) is 0 Å². The monoisotopic (exact) mass is 199 g/mol. The Bertz CT molecular complexity index is 388. The maximum Gasteiger partial charge on any atom is 0.0646 e. The first kappa shape index (κ1) is 9.77. The van der Waals surface area contributed by atoms with Gasteiger partial charge in [-0.15, -0.1) is 0 Å². The molecular formula is C12H13N3. The molecule has 2 aromatic rings. The Morgan fingerprint density at radius 2 is 1.67 bits per heavy atom. The number of hydrogen-bond donors (Lipinski definition) is 0. The molecule has 2 heterocycles. The lowest BCUT2D eigenvalue weighted by atomic mass is 10.2. The van der Waals surface area contributed by atoms with E-state index in [1.54, 1.807) is 12.4 Å². The van der Waals surface area contributed by atoms with Crippen LogP contribution < -0.4 is 0 Å². The number of rotatable bonds is 2. The van der Waals surface area contributed by atoms with E-state index in [1.807, 2.05) is 26.1 Å². The Balaban J connectivity index is 2.15. The number of aryl methyl sites for hydroxylation is 2. The first-order valence-electron chi connectivity index (χ1n) is 4.93. The molecule has 0 amide bonds. The molecular weight excluding hydrogens is 186 g/mol. The summed E-state index contributed by atoms with van der Waals surface area (Å²) in [4.78, 5) is 12.8. The highest BCUT2D eigenvalue weighted by molar-refractivity contribution is 5.17. The van der Waals surface area contributed by atoms with Gasteiger partial charge in [0, 0.05) is 30.7 Å². The summed E-state index contributed by atoms with van der Waals surface area (Å²) in [6.07, 6.45) is 6.20. The van der Waals surface area contributed by atoms with Gasteiger partial charge in [0.05, 0.1) is 11.4 Å². The van der Waals surface area contributed by atoms with Crippen LogP contribution in [0.5, 0.6) is 0 Å². The van der Waals surface area contributed by atoms with E-state index < -0.39 is 0 Å². The SMILES string of the molecule is Cc1ccc(Cc2cnc(C)cn2)nc1. The van der Waals surface area contributed by atoms with Crippen molar-refractivity contribution in [2.45, 2.75) is 20.3 Å². The molecule has 0 unspecified atom stereocenters. The van der Waals surface area contributed by atoms with Crippen LogP contribution in [-0.2, 0) is 6.42 Å². The Morgan fingerprint density at radius 1 is 0.867 bits per heavy atom. The van der Waals surface area contributed by atoms with Crippen LogP contribution in [0.2, 0.25) is 0 Å². The van der Waals surface area contributed by atoms with Crippen LogP contribution in [-0.4, -0.2) is 15.0 Å². The minimum Gasteiger partial charge on any atom is -0.261 e. The van der Waals surface area contributed by atoms with Crippen molar-refractivity contribution in [3.8, 4) is 0 Å². The molecule has 0 aliphatic rings. The summed E-state index contributed by atoms with van der Waals surface area (Å²) in [6, 6.07) is 4.08. The summed E-state index contributed by atoms with van der Waals surface area (Å²) in [7, 11) is 0. The molecule has 0 fully saturated rings. The lowest BCUT2D eigenvalue weighted by Gasteiger charge is -2.00. The van der Waals surface area contributed by atoms with Crippen LogP contribution in [0.1, 0.15) is 22.6 Å². The van der Waals surface area contributed by atoms with Crippen molar-refractivity contribution in [2.24, 2.45) is 0 Å². The molecule has 76 valence electrons. The third-order valence-electron chi connectivity index (χ3n) is 2.17. The van der Waals surface area contributed by atoms with Crippen LogP contribution in [0.4, 0.5) is 0 Å². The Labute approximate surface area is 89.2 Å². The molecule has 3 heteroatoms. The molecule has 0 aliphatic heterocycles. The highest BCUT2D eigenvalue weighted by atomic mass is 14.8. The molecule has 0 N–H and O–H groups in total. The molecule has 2 aromatic heterocycles. The average molecular weight is 199 g/mol. The van der Waals surface area contributed by atoms with Crippen molar-refractivity contribution in [3.05, 3.63) is 53.4 Å². The second-order valence-electron chi connectivity index (χ2n) is 3.65.